The van der Waals surface area contributed by atoms with Crippen LogP contribution in [0.1, 0.15) is 40.5 Å². The highest BCUT2D eigenvalue weighted by Gasteiger charge is 2.06. The van der Waals surface area contributed by atoms with Crippen LogP contribution in [0, 0.1) is 5.92 Å². The number of carbonyl (C=O) groups is 1. The maximum atomic E-state index is 11.3. The lowest BCUT2D eigenvalue weighted by atomic mass is 10.1. The monoisotopic (exact) mass is 183 g/mol. The molecule has 76 valence electrons. The summed E-state index contributed by atoms with van der Waals surface area (Å²) < 4.78 is 0. The lowest BCUT2D eigenvalue weighted by molar-refractivity contribution is -0.122. The van der Waals surface area contributed by atoms with Crippen molar-refractivity contribution in [3.05, 3.63) is 12.2 Å². The molecule has 0 bridgehead atoms. The molecule has 2 heteroatoms. The van der Waals surface area contributed by atoms with Gasteiger partial charge in [-0.1, -0.05) is 26.0 Å². The highest BCUT2D eigenvalue weighted by Crippen LogP contribution is 2.04. The van der Waals surface area contributed by atoms with Crippen molar-refractivity contribution in [2.75, 3.05) is 0 Å². The summed E-state index contributed by atoms with van der Waals surface area (Å²) in [6, 6.07) is 0.245. The van der Waals surface area contributed by atoms with Gasteiger partial charge in [0, 0.05) is 12.5 Å². The first-order valence-corrected chi connectivity index (χ1v) is 5.02. The number of nitrogens with one attached hydrogen (secondary N) is 1. The molecule has 0 aromatic heterocycles. The molecule has 1 amide bonds. The third-order valence-electron chi connectivity index (χ3n) is 1.66. The minimum absolute atomic E-state index is 0.142. The Morgan fingerprint density at radius 2 is 2.00 bits per heavy atom. The summed E-state index contributed by atoms with van der Waals surface area (Å²) in [5.41, 5.74) is 0. The molecule has 0 aromatic rings. The van der Waals surface area contributed by atoms with Crippen molar-refractivity contribution >= 4 is 5.91 Å². The fourth-order valence-electron chi connectivity index (χ4n) is 1.11. The van der Waals surface area contributed by atoms with Gasteiger partial charge in [-0.05, 0) is 26.2 Å². The second-order valence-electron chi connectivity index (χ2n) is 3.74. The van der Waals surface area contributed by atoms with Gasteiger partial charge in [0.2, 0.25) is 5.91 Å². The topological polar surface area (TPSA) is 29.1 Å². The van der Waals surface area contributed by atoms with Gasteiger partial charge in [0.05, 0.1) is 0 Å². The Balaban J connectivity index is 3.71. The molecule has 0 heterocycles. The summed E-state index contributed by atoms with van der Waals surface area (Å²) in [4.78, 5) is 11.3. The Morgan fingerprint density at radius 1 is 1.38 bits per heavy atom. The lowest BCUT2D eigenvalue weighted by Crippen LogP contribution is -2.30. The zero-order valence-electron chi connectivity index (χ0n) is 9.13. The van der Waals surface area contributed by atoms with Crippen molar-refractivity contribution in [3.8, 4) is 0 Å². The molecule has 0 aliphatic heterocycles. The van der Waals surface area contributed by atoms with Gasteiger partial charge in [-0.25, -0.2) is 0 Å². The van der Waals surface area contributed by atoms with Crippen LogP contribution >= 0.6 is 0 Å². The molecule has 0 aromatic carbocycles. The molecular formula is C11H21NO. The fraction of sp³-hybridized carbons (Fsp3) is 0.727. The molecule has 1 N–H and O–H groups in total. The van der Waals surface area contributed by atoms with Gasteiger partial charge >= 0.3 is 0 Å². The number of carbonyl (C=O) groups excluding carboxylic acids is 1. The quantitative estimate of drug-likeness (QED) is 0.652. The highest BCUT2D eigenvalue weighted by atomic mass is 16.1. The molecule has 13 heavy (non-hydrogen) atoms. The number of hydrogen-bond acceptors (Lipinski definition) is 1. The minimum atomic E-state index is 0.142. The highest BCUT2D eigenvalue weighted by molar-refractivity contribution is 5.76. The molecule has 0 saturated carbocycles. The van der Waals surface area contributed by atoms with Crippen LogP contribution in [0.2, 0.25) is 0 Å². The Morgan fingerprint density at radius 3 is 2.46 bits per heavy atom. The molecule has 0 fully saturated rings. The van der Waals surface area contributed by atoms with E-state index in [1.807, 2.05) is 13.8 Å². The molecule has 1 atom stereocenters. The van der Waals surface area contributed by atoms with E-state index in [9.17, 15) is 4.79 Å². The van der Waals surface area contributed by atoms with Gasteiger partial charge in [-0.3, -0.25) is 4.79 Å². The average molecular weight is 183 g/mol. The third kappa shape index (κ3) is 7.57. The molecule has 0 saturated heterocycles. The van der Waals surface area contributed by atoms with E-state index in [0.29, 0.717) is 12.3 Å². The van der Waals surface area contributed by atoms with Crippen molar-refractivity contribution in [1.29, 1.82) is 0 Å². The number of hydrogen-bond donors (Lipinski definition) is 1. The first kappa shape index (κ1) is 12.2. The van der Waals surface area contributed by atoms with E-state index in [0.717, 1.165) is 6.42 Å². The minimum Gasteiger partial charge on any atom is -0.354 e. The van der Waals surface area contributed by atoms with Gasteiger partial charge in [-0.2, -0.15) is 0 Å². The largest absolute Gasteiger partial charge is 0.354 e. The predicted molar refractivity (Wildman–Crippen MR) is 56.5 cm³/mol. The van der Waals surface area contributed by atoms with E-state index in [1.165, 1.54) is 0 Å². The first-order chi connectivity index (χ1) is 6.06. The second-order valence-corrected chi connectivity index (χ2v) is 3.74. The summed E-state index contributed by atoms with van der Waals surface area (Å²) >= 11 is 0. The number of allylic oxidation sites excluding steroid dienone is 2. The van der Waals surface area contributed by atoms with Crippen molar-refractivity contribution in [2.45, 2.75) is 46.6 Å². The van der Waals surface area contributed by atoms with Crippen LogP contribution in [-0.2, 0) is 4.79 Å². The van der Waals surface area contributed by atoms with E-state index in [1.54, 1.807) is 0 Å². The van der Waals surface area contributed by atoms with Crippen LogP contribution in [0.4, 0.5) is 0 Å². The van der Waals surface area contributed by atoms with Crippen LogP contribution in [0.15, 0.2) is 12.2 Å². The van der Waals surface area contributed by atoms with Gasteiger partial charge in [-0.15, -0.1) is 0 Å². The average Bonchev–Trinajstić information content (AvgIpc) is 1.98. The predicted octanol–water partition coefficient (Wildman–Crippen LogP) is 2.50. The summed E-state index contributed by atoms with van der Waals surface area (Å²) in [6.45, 7) is 8.11. The van der Waals surface area contributed by atoms with E-state index >= 15 is 0 Å². The SMILES string of the molecule is CC/C=C/[C@@H](C)CC(=O)NC(C)C. The van der Waals surface area contributed by atoms with E-state index in [2.05, 4.69) is 31.3 Å². The van der Waals surface area contributed by atoms with Crippen LogP contribution < -0.4 is 5.32 Å². The van der Waals surface area contributed by atoms with Crippen molar-refractivity contribution in [2.24, 2.45) is 5.92 Å². The van der Waals surface area contributed by atoms with Gasteiger partial charge in [0.1, 0.15) is 0 Å². The van der Waals surface area contributed by atoms with E-state index in [-0.39, 0.29) is 11.9 Å². The molecular weight excluding hydrogens is 162 g/mol. The maximum absolute atomic E-state index is 11.3. The zero-order chi connectivity index (χ0) is 10.3. The molecule has 2 nitrogen and oxygen atoms in total. The molecule has 0 unspecified atom stereocenters. The van der Waals surface area contributed by atoms with Crippen molar-refractivity contribution in [3.63, 3.8) is 0 Å². The second kappa shape index (κ2) is 6.70. The zero-order valence-corrected chi connectivity index (χ0v) is 9.13. The van der Waals surface area contributed by atoms with Gasteiger partial charge in [0.25, 0.3) is 0 Å². The molecule has 0 aliphatic carbocycles. The Labute approximate surface area is 81.4 Å². The summed E-state index contributed by atoms with van der Waals surface area (Å²) in [5, 5.41) is 2.88. The number of amides is 1. The molecule has 0 rings (SSSR count). The van der Waals surface area contributed by atoms with Gasteiger partial charge < -0.3 is 5.32 Å². The molecule has 0 radical (unpaired) electrons. The van der Waals surface area contributed by atoms with Crippen molar-refractivity contribution < 1.29 is 4.79 Å². The Hall–Kier alpha value is -0.790. The standard InChI is InChI=1S/C11H21NO/c1-5-6-7-10(4)8-11(13)12-9(2)3/h6-7,9-10H,5,8H2,1-4H3,(H,12,13)/b7-6+/t10-/m1/s1. The van der Waals surface area contributed by atoms with Crippen LogP contribution in [0.25, 0.3) is 0 Å². The Kier molecular flexibility index (Phi) is 6.29. The fourth-order valence-corrected chi connectivity index (χ4v) is 1.11. The van der Waals surface area contributed by atoms with Crippen molar-refractivity contribution in [1.82, 2.24) is 5.32 Å². The van der Waals surface area contributed by atoms with E-state index in [4.69, 9.17) is 0 Å². The summed E-state index contributed by atoms with van der Waals surface area (Å²) in [5.74, 6) is 0.488. The van der Waals surface area contributed by atoms with Gasteiger partial charge in [0.15, 0.2) is 0 Å². The first-order valence-electron chi connectivity index (χ1n) is 5.02. The van der Waals surface area contributed by atoms with Crippen LogP contribution in [-0.4, -0.2) is 11.9 Å². The maximum Gasteiger partial charge on any atom is 0.220 e. The lowest BCUT2D eigenvalue weighted by Gasteiger charge is -2.10. The normalized spacial score (nSPS) is 13.6. The van der Waals surface area contributed by atoms with Crippen LogP contribution in [0.5, 0.6) is 0 Å². The Bertz CT molecular complexity index is 173. The summed E-state index contributed by atoms with van der Waals surface area (Å²) in [7, 11) is 0. The summed E-state index contributed by atoms with van der Waals surface area (Å²) in [6.07, 6.45) is 5.83. The van der Waals surface area contributed by atoms with Crippen LogP contribution in [0.3, 0.4) is 0 Å². The van der Waals surface area contributed by atoms with E-state index < -0.39 is 0 Å². The molecule has 0 aliphatic rings. The smallest absolute Gasteiger partial charge is 0.220 e. The number of rotatable bonds is 5. The molecule has 0 spiro atoms. The third-order valence-corrected chi connectivity index (χ3v) is 1.66.